The highest BCUT2D eigenvalue weighted by atomic mass is 35.5. The van der Waals surface area contributed by atoms with Crippen LogP contribution < -0.4 is 5.32 Å². The molecule has 5 heteroatoms. The van der Waals surface area contributed by atoms with Crippen LogP contribution in [0.4, 0.5) is 0 Å². The Hall–Kier alpha value is -0.580. The quantitative estimate of drug-likeness (QED) is 0.889. The van der Waals surface area contributed by atoms with Gasteiger partial charge in [-0.05, 0) is 26.4 Å². The lowest BCUT2D eigenvalue weighted by atomic mass is 10.0. The molecular weight excluding hydrogens is 236 g/mol. The molecule has 0 bridgehead atoms. The van der Waals surface area contributed by atoms with Gasteiger partial charge in [-0.2, -0.15) is 0 Å². The van der Waals surface area contributed by atoms with E-state index in [4.69, 9.17) is 11.6 Å². The molecule has 4 nitrogen and oxygen atoms in total. The van der Waals surface area contributed by atoms with Gasteiger partial charge in [0, 0.05) is 19.6 Å². The molecule has 1 aliphatic rings. The maximum Gasteiger partial charge on any atom is 0.128 e. The van der Waals surface area contributed by atoms with Gasteiger partial charge in [-0.25, -0.2) is 4.98 Å². The number of rotatable bonds is 4. The molecule has 1 aromatic heterocycles. The van der Waals surface area contributed by atoms with Gasteiger partial charge in [-0.3, -0.25) is 0 Å². The second kappa shape index (κ2) is 5.85. The molecule has 2 rings (SSSR count). The molecule has 1 aliphatic heterocycles. The van der Waals surface area contributed by atoms with Crippen molar-refractivity contribution in [3.63, 3.8) is 0 Å². The number of nitrogens with zero attached hydrogens (tertiary/aromatic N) is 3. The van der Waals surface area contributed by atoms with Gasteiger partial charge in [0.2, 0.25) is 0 Å². The summed E-state index contributed by atoms with van der Waals surface area (Å²) >= 11 is 5.94. The third kappa shape index (κ3) is 3.21. The van der Waals surface area contributed by atoms with Gasteiger partial charge in [0.05, 0.1) is 12.7 Å². The molecule has 1 unspecified atom stereocenters. The first-order valence-corrected chi connectivity index (χ1v) is 6.63. The van der Waals surface area contributed by atoms with E-state index >= 15 is 0 Å². The van der Waals surface area contributed by atoms with E-state index in [2.05, 4.69) is 22.2 Å². The van der Waals surface area contributed by atoms with Crippen LogP contribution in [0.2, 0.25) is 5.15 Å². The van der Waals surface area contributed by atoms with Crippen LogP contribution in [-0.4, -0.2) is 40.6 Å². The van der Waals surface area contributed by atoms with Crippen molar-refractivity contribution in [3.8, 4) is 0 Å². The monoisotopic (exact) mass is 256 g/mol. The van der Waals surface area contributed by atoms with Crippen LogP contribution in [0.1, 0.15) is 25.1 Å². The number of likely N-dealkylation sites (N-methyl/N-ethyl adjacent to an activating group) is 1. The van der Waals surface area contributed by atoms with E-state index in [-0.39, 0.29) is 0 Å². The zero-order chi connectivity index (χ0) is 12.3. The van der Waals surface area contributed by atoms with E-state index in [1.165, 1.54) is 25.8 Å². The Kier molecular flexibility index (Phi) is 4.42. The molecule has 1 aromatic rings. The van der Waals surface area contributed by atoms with E-state index in [1.807, 2.05) is 11.6 Å². The average molecular weight is 257 g/mol. The molecule has 0 aromatic carbocycles. The van der Waals surface area contributed by atoms with Crippen LogP contribution >= 0.6 is 11.6 Å². The summed E-state index contributed by atoms with van der Waals surface area (Å²) in [4.78, 5) is 6.72. The van der Waals surface area contributed by atoms with E-state index < -0.39 is 0 Å². The second-order valence-electron chi connectivity index (χ2n) is 4.82. The van der Waals surface area contributed by atoms with Gasteiger partial charge in [0.15, 0.2) is 0 Å². The van der Waals surface area contributed by atoms with E-state index in [0.717, 1.165) is 18.9 Å². The fourth-order valence-electron chi connectivity index (χ4n) is 2.34. The molecule has 0 amide bonds. The Morgan fingerprint density at radius 1 is 1.47 bits per heavy atom. The Morgan fingerprint density at radius 3 is 2.94 bits per heavy atom. The van der Waals surface area contributed by atoms with Crippen LogP contribution in [-0.2, 0) is 13.6 Å². The number of halogens is 1. The number of hydrogen-bond donors (Lipinski definition) is 1. The minimum atomic E-state index is 0.666. The minimum absolute atomic E-state index is 0.666. The molecule has 1 fully saturated rings. The van der Waals surface area contributed by atoms with Crippen molar-refractivity contribution in [2.45, 2.75) is 31.8 Å². The Labute approximate surface area is 108 Å². The molecular formula is C12H21ClN4. The standard InChI is InChI=1S/C12H21ClN4/c1-16-6-4-3-5-10(16)7-14-9-12-15-8-11(13)17(12)2/h8,10,14H,3-7,9H2,1-2H3. The molecule has 0 spiro atoms. The molecule has 2 heterocycles. The highest BCUT2D eigenvalue weighted by Gasteiger charge is 2.18. The van der Waals surface area contributed by atoms with Gasteiger partial charge < -0.3 is 14.8 Å². The SMILES string of the molecule is CN1CCCCC1CNCc1ncc(Cl)n1C. The van der Waals surface area contributed by atoms with Crippen molar-refractivity contribution in [2.24, 2.45) is 7.05 Å². The molecule has 0 aliphatic carbocycles. The third-order valence-corrected chi connectivity index (χ3v) is 3.96. The Balaban J connectivity index is 1.77. The van der Waals surface area contributed by atoms with Crippen LogP contribution in [0.3, 0.4) is 0 Å². The van der Waals surface area contributed by atoms with Crippen molar-refractivity contribution in [3.05, 3.63) is 17.2 Å². The molecule has 17 heavy (non-hydrogen) atoms. The van der Waals surface area contributed by atoms with Gasteiger partial charge in [-0.1, -0.05) is 18.0 Å². The number of imidazole rings is 1. The maximum atomic E-state index is 5.94. The topological polar surface area (TPSA) is 33.1 Å². The molecule has 0 radical (unpaired) electrons. The highest BCUT2D eigenvalue weighted by molar-refractivity contribution is 6.29. The zero-order valence-electron chi connectivity index (χ0n) is 10.6. The largest absolute Gasteiger partial charge is 0.321 e. The average Bonchev–Trinajstić information content (AvgIpc) is 2.63. The van der Waals surface area contributed by atoms with Crippen LogP contribution in [0.15, 0.2) is 6.20 Å². The predicted octanol–water partition coefficient (Wildman–Crippen LogP) is 1.65. The van der Waals surface area contributed by atoms with Crippen LogP contribution in [0.5, 0.6) is 0 Å². The summed E-state index contributed by atoms with van der Waals surface area (Å²) in [6.45, 7) is 3.04. The smallest absolute Gasteiger partial charge is 0.128 e. The van der Waals surface area contributed by atoms with E-state index in [9.17, 15) is 0 Å². The Morgan fingerprint density at radius 2 is 2.29 bits per heavy atom. The van der Waals surface area contributed by atoms with Crippen molar-refractivity contribution < 1.29 is 0 Å². The molecule has 1 saturated heterocycles. The van der Waals surface area contributed by atoms with E-state index in [0.29, 0.717) is 11.2 Å². The second-order valence-corrected chi connectivity index (χ2v) is 5.20. The first kappa shape index (κ1) is 12.9. The van der Waals surface area contributed by atoms with Crippen molar-refractivity contribution in [1.29, 1.82) is 0 Å². The number of aromatic nitrogens is 2. The maximum absolute atomic E-state index is 5.94. The number of likely N-dealkylation sites (tertiary alicyclic amines) is 1. The first-order valence-electron chi connectivity index (χ1n) is 6.25. The Bertz CT molecular complexity index is 363. The van der Waals surface area contributed by atoms with Gasteiger partial charge in [-0.15, -0.1) is 0 Å². The van der Waals surface area contributed by atoms with Crippen molar-refractivity contribution >= 4 is 11.6 Å². The molecule has 96 valence electrons. The van der Waals surface area contributed by atoms with Crippen molar-refractivity contribution in [1.82, 2.24) is 19.8 Å². The van der Waals surface area contributed by atoms with Crippen LogP contribution in [0.25, 0.3) is 0 Å². The number of hydrogen-bond acceptors (Lipinski definition) is 3. The summed E-state index contributed by atoms with van der Waals surface area (Å²) in [6.07, 6.45) is 5.68. The lowest BCUT2D eigenvalue weighted by Gasteiger charge is -2.32. The number of piperidine rings is 1. The summed E-state index contributed by atoms with van der Waals surface area (Å²) in [7, 11) is 4.15. The first-order chi connectivity index (χ1) is 8.18. The van der Waals surface area contributed by atoms with Gasteiger partial charge in [0.1, 0.15) is 11.0 Å². The van der Waals surface area contributed by atoms with Gasteiger partial charge >= 0.3 is 0 Å². The summed E-state index contributed by atoms with van der Waals surface area (Å²) < 4.78 is 1.92. The third-order valence-electron chi connectivity index (χ3n) is 3.61. The normalized spacial score (nSPS) is 21.9. The lowest BCUT2D eigenvalue weighted by Crippen LogP contribution is -2.43. The molecule has 0 saturated carbocycles. The van der Waals surface area contributed by atoms with Crippen molar-refractivity contribution in [2.75, 3.05) is 20.1 Å². The fourth-order valence-corrected chi connectivity index (χ4v) is 2.49. The fraction of sp³-hybridized carbons (Fsp3) is 0.750. The predicted molar refractivity (Wildman–Crippen MR) is 70.2 cm³/mol. The zero-order valence-corrected chi connectivity index (χ0v) is 11.4. The summed E-state index contributed by atoms with van der Waals surface area (Å²) in [5.74, 6) is 0.994. The molecule has 1 N–H and O–H groups in total. The lowest BCUT2D eigenvalue weighted by molar-refractivity contribution is 0.181. The molecule has 1 atom stereocenters. The van der Waals surface area contributed by atoms with E-state index in [1.54, 1.807) is 6.20 Å². The summed E-state index contributed by atoms with van der Waals surface area (Å²) in [5.41, 5.74) is 0. The number of nitrogens with one attached hydrogen (secondary N) is 1. The minimum Gasteiger partial charge on any atom is -0.321 e. The van der Waals surface area contributed by atoms with Crippen LogP contribution in [0, 0.1) is 0 Å². The van der Waals surface area contributed by atoms with Gasteiger partial charge in [0.25, 0.3) is 0 Å². The highest BCUT2D eigenvalue weighted by Crippen LogP contribution is 2.14. The summed E-state index contributed by atoms with van der Waals surface area (Å²) in [5, 5.41) is 4.16. The summed E-state index contributed by atoms with van der Waals surface area (Å²) in [6, 6.07) is 0.666.